The molecular formula is C11H11N3O3S. The van der Waals surface area contributed by atoms with Crippen LogP contribution in [0.4, 0.5) is 0 Å². The van der Waals surface area contributed by atoms with Gasteiger partial charge < -0.3 is 9.47 Å². The van der Waals surface area contributed by atoms with Gasteiger partial charge in [-0.15, -0.1) is 11.3 Å². The smallest absolute Gasteiger partial charge is 0.349 e. The molecule has 0 saturated heterocycles. The minimum Gasteiger partial charge on any atom is -0.477 e. The molecule has 0 aliphatic rings. The van der Waals surface area contributed by atoms with Gasteiger partial charge in [-0.1, -0.05) is 0 Å². The van der Waals surface area contributed by atoms with Crippen LogP contribution in [0.15, 0.2) is 18.6 Å². The molecule has 2 aromatic heterocycles. The third-order valence-electron chi connectivity index (χ3n) is 2.02. The number of esters is 1. The molecule has 0 N–H and O–H groups in total. The van der Waals surface area contributed by atoms with E-state index in [1.165, 1.54) is 30.8 Å². The zero-order chi connectivity index (χ0) is 13.0. The molecule has 0 aromatic carbocycles. The van der Waals surface area contributed by atoms with E-state index >= 15 is 0 Å². The molecule has 0 amide bonds. The lowest BCUT2D eigenvalue weighted by Gasteiger charge is -2.01. The summed E-state index contributed by atoms with van der Waals surface area (Å²) in [6.07, 6.45) is 4.56. The first-order valence-corrected chi connectivity index (χ1v) is 6.05. The van der Waals surface area contributed by atoms with Gasteiger partial charge in [0, 0.05) is 0 Å². The summed E-state index contributed by atoms with van der Waals surface area (Å²) in [5, 5.41) is 0.601. The van der Waals surface area contributed by atoms with E-state index in [1.807, 2.05) is 6.92 Å². The summed E-state index contributed by atoms with van der Waals surface area (Å²) in [6.45, 7) is 2.39. The summed E-state index contributed by atoms with van der Waals surface area (Å²) in [5.41, 5.74) is 0.570. The normalized spacial score (nSPS) is 10.1. The molecule has 94 valence electrons. The van der Waals surface area contributed by atoms with Crippen molar-refractivity contribution in [3.8, 4) is 16.6 Å². The van der Waals surface area contributed by atoms with Crippen LogP contribution in [0.2, 0.25) is 0 Å². The van der Waals surface area contributed by atoms with Gasteiger partial charge in [0.1, 0.15) is 15.6 Å². The SMILES string of the molecule is CCOc1cncc(-c2ncc(C(=O)OC)s2)n1. The van der Waals surface area contributed by atoms with E-state index in [1.54, 1.807) is 6.20 Å². The molecule has 0 spiro atoms. The first kappa shape index (κ1) is 12.4. The Hall–Kier alpha value is -2.02. The molecule has 2 rings (SSSR count). The number of rotatable bonds is 4. The van der Waals surface area contributed by atoms with Gasteiger partial charge in [0.25, 0.3) is 0 Å². The second kappa shape index (κ2) is 5.54. The van der Waals surface area contributed by atoms with Gasteiger partial charge in [-0.05, 0) is 6.92 Å². The quantitative estimate of drug-likeness (QED) is 0.784. The number of hydrogen-bond donors (Lipinski definition) is 0. The van der Waals surface area contributed by atoms with Crippen LogP contribution in [0.5, 0.6) is 5.88 Å². The van der Waals surface area contributed by atoms with Crippen molar-refractivity contribution in [2.24, 2.45) is 0 Å². The van der Waals surface area contributed by atoms with Crippen molar-refractivity contribution in [2.45, 2.75) is 6.92 Å². The monoisotopic (exact) mass is 265 g/mol. The highest BCUT2D eigenvalue weighted by molar-refractivity contribution is 7.16. The predicted molar refractivity (Wildman–Crippen MR) is 65.6 cm³/mol. The van der Waals surface area contributed by atoms with Crippen LogP contribution in [0.25, 0.3) is 10.7 Å². The maximum Gasteiger partial charge on any atom is 0.349 e. The van der Waals surface area contributed by atoms with Gasteiger partial charge in [0.2, 0.25) is 5.88 Å². The Kier molecular flexibility index (Phi) is 3.83. The van der Waals surface area contributed by atoms with Gasteiger partial charge in [-0.2, -0.15) is 0 Å². The molecule has 0 unspecified atom stereocenters. The summed E-state index contributed by atoms with van der Waals surface area (Å²) < 4.78 is 9.87. The Balaban J connectivity index is 2.28. The molecule has 2 heterocycles. The Labute approximate surface area is 108 Å². The maximum absolute atomic E-state index is 11.3. The Morgan fingerprint density at radius 1 is 1.39 bits per heavy atom. The number of nitrogens with zero attached hydrogens (tertiary/aromatic N) is 3. The van der Waals surface area contributed by atoms with Crippen LogP contribution in [-0.2, 0) is 4.74 Å². The van der Waals surface area contributed by atoms with Crippen LogP contribution in [0.3, 0.4) is 0 Å². The zero-order valence-electron chi connectivity index (χ0n) is 9.91. The van der Waals surface area contributed by atoms with Crippen molar-refractivity contribution in [1.82, 2.24) is 15.0 Å². The second-order valence-corrected chi connectivity index (χ2v) is 4.23. The summed E-state index contributed by atoms with van der Waals surface area (Å²) in [4.78, 5) is 24.1. The predicted octanol–water partition coefficient (Wildman–Crippen LogP) is 1.79. The Bertz CT molecular complexity index is 556. The fraction of sp³-hybridized carbons (Fsp3) is 0.273. The summed E-state index contributed by atoms with van der Waals surface area (Å²) in [7, 11) is 1.33. The number of hydrogen-bond acceptors (Lipinski definition) is 7. The molecule has 0 bridgehead atoms. The molecule has 6 nitrogen and oxygen atoms in total. The number of ether oxygens (including phenoxy) is 2. The number of methoxy groups -OCH3 is 1. The van der Waals surface area contributed by atoms with E-state index in [2.05, 4.69) is 19.7 Å². The van der Waals surface area contributed by atoms with Gasteiger partial charge in [0.15, 0.2) is 0 Å². The average Bonchev–Trinajstić information content (AvgIpc) is 2.88. The first-order chi connectivity index (χ1) is 8.74. The number of thiazole rings is 1. The van der Waals surface area contributed by atoms with Crippen LogP contribution in [0.1, 0.15) is 16.6 Å². The lowest BCUT2D eigenvalue weighted by Crippen LogP contribution is -1.97. The Morgan fingerprint density at radius 3 is 2.94 bits per heavy atom. The van der Waals surface area contributed by atoms with Crippen molar-refractivity contribution in [3.05, 3.63) is 23.5 Å². The van der Waals surface area contributed by atoms with E-state index in [4.69, 9.17) is 4.74 Å². The van der Waals surface area contributed by atoms with E-state index in [0.717, 1.165) is 0 Å². The molecular weight excluding hydrogens is 254 g/mol. The van der Waals surface area contributed by atoms with E-state index < -0.39 is 5.97 Å². The van der Waals surface area contributed by atoms with Crippen LogP contribution < -0.4 is 4.74 Å². The first-order valence-electron chi connectivity index (χ1n) is 5.24. The lowest BCUT2D eigenvalue weighted by atomic mass is 10.5. The second-order valence-electron chi connectivity index (χ2n) is 3.20. The number of carbonyl (C=O) groups is 1. The highest BCUT2D eigenvalue weighted by Gasteiger charge is 2.13. The van der Waals surface area contributed by atoms with Crippen LogP contribution in [0, 0.1) is 0 Å². The fourth-order valence-corrected chi connectivity index (χ4v) is 2.04. The maximum atomic E-state index is 11.3. The van der Waals surface area contributed by atoms with Crippen LogP contribution >= 0.6 is 11.3 Å². The molecule has 0 atom stereocenters. The van der Waals surface area contributed by atoms with Crippen LogP contribution in [-0.4, -0.2) is 34.6 Å². The highest BCUT2D eigenvalue weighted by atomic mass is 32.1. The van der Waals surface area contributed by atoms with Crippen molar-refractivity contribution in [1.29, 1.82) is 0 Å². The molecule has 0 radical (unpaired) electrons. The van der Waals surface area contributed by atoms with Crippen molar-refractivity contribution in [2.75, 3.05) is 13.7 Å². The van der Waals surface area contributed by atoms with E-state index in [-0.39, 0.29) is 0 Å². The fourth-order valence-electron chi connectivity index (χ4n) is 1.26. The van der Waals surface area contributed by atoms with E-state index in [9.17, 15) is 4.79 Å². The average molecular weight is 265 g/mol. The third kappa shape index (κ3) is 2.62. The van der Waals surface area contributed by atoms with Gasteiger partial charge in [0.05, 0.1) is 32.3 Å². The number of carbonyl (C=O) groups excluding carboxylic acids is 1. The molecule has 2 aromatic rings. The molecule has 0 aliphatic carbocycles. The largest absolute Gasteiger partial charge is 0.477 e. The van der Waals surface area contributed by atoms with Crippen molar-refractivity contribution < 1.29 is 14.3 Å². The minimum absolute atomic E-state index is 0.410. The summed E-state index contributed by atoms with van der Waals surface area (Å²) in [6, 6.07) is 0. The van der Waals surface area contributed by atoms with Crippen molar-refractivity contribution in [3.63, 3.8) is 0 Å². The molecule has 0 saturated carbocycles. The molecule has 18 heavy (non-hydrogen) atoms. The summed E-state index contributed by atoms with van der Waals surface area (Å²) in [5.74, 6) is 0.0255. The van der Waals surface area contributed by atoms with E-state index in [0.29, 0.717) is 28.1 Å². The summed E-state index contributed by atoms with van der Waals surface area (Å²) >= 11 is 1.20. The topological polar surface area (TPSA) is 74.2 Å². The van der Waals surface area contributed by atoms with Gasteiger partial charge in [-0.3, -0.25) is 4.98 Å². The highest BCUT2D eigenvalue weighted by Crippen LogP contribution is 2.24. The Morgan fingerprint density at radius 2 is 2.22 bits per heavy atom. The molecule has 0 aliphatic heterocycles. The minimum atomic E-state index is -0.410. The van der Waals surface area contributed by atoms with Gasteiger partial charge >= 0.3 is 5.97 Å². The standard InChI is InChI=1S/C11H11N3O3S/c1-3-17-9-6-12-4-7(14-9)10-13-5-8(18-10)11(15)16-2/h4-6H,3H2,1-2H3. The van der Waals surface area contributed by atoms with Gasteiger partial charge in [-0.25, -0.2) is 14.8 Å². The zero-order valence-corrected chi connectivity index (χ0v) is 10.7. The number of aromatic nitrogens is 3. The third-order valence-corrected chi connectivity index (χ3v) is 3.02. The molecule has 7 heteroatoms. The molecule has 0 fully saturated rings. The lowest BCUT2D eigenvalue weighted by molar-refractivity contribution is 0.0606. The van der Waals surface area contributed by atoms with Crippen molar-refractivity contribution >= 4 is 17.3 Å².